The Morgan fingerprint density at radius 3 is 2.10 bits per heavy atom. The summed E-state index contributed by atoms with van der Waals surface area (Å²) in [4.78, 5) is 22.7. The molecule has 116 valence electrons. The average Bonchev–Trinajstić information content (AvgIpc) is 2.40. The molecule has 1 rings (SSSR count). The SMILES string of the molecule is CCC(CC)C(=O)OC1OC(C(=O)O)C(O)C(O)C1O. The van der Waals surface area contributed by atoms with Gasteiger partial charge in [0.15, 0.2) is 6.10 Å². The van der Waals surface area contributed by atoms with Crippen molar-refractivity contribution in [1.29, 1.82) is 0 Å². The summed E-state index contributed by atoms with van der Waals surface area (Å²) < 4.78 is 9.75. The molecule has 5 atom stereocenters. The molecule has 8 heteroatoms. The van der Waals surface area contributed by atoms with E-state index in [1.165, 1.54) is 0 Å². The van der Waals surface area contributed by atoms with Crippen molar-refractivity contribution < 1.29 is 39.5 Å². The number of carboxylic acid groups (broad SMARTS) is 1. The Balaban J connectivity index is 2.78. The lowest BCUT2D eigenvalue weighted by Crippen LogP contribution is -2.60. The molecule has 1 aliphatic rings. The van der Waals surface area contributed by atoms with Gasteiger partial charge in [0.05, 0.1) is 5.92 Å². The smallest absolute Gasteiger partial charge is 0.335 e. The second kappa shape index (κ2) is 6.98. The van der Waals surface area contributed by atoms with Gasteiger partial charge in [0.25, 0.3) is 0 Å². The third-order valence-corrected chi connectivity index (χ3v) is 3.36. The number of hydrogen-bond acceptors (Lipinski definition) is 7. The van der Waals surface area contributed by atoms with Crippen LogP contribution in [0.4, 0.5) is 0 Å². The van der Waals surface area contributed by atoms with Gasteiger partial charge in [-0.15, -0.1) is 0 Å². The molecule has 1 saturated heterocycles. The fourth-order valence-corrected chi connectivity index (χ4v) is 1.98. The molecule has 0 aliphatic carbocycles. The molecule has 4 N–H and O–H groups in total. The van der Waals surface area contributed by atoms with Crippen molar-refractivity contribution in [3.8, 4) is 0 Å². The zero-order chi connectivity index (χ0) is 15.4. The van der Waals surface area contributed by atoms with Crippen molar-refractivity contribution in [2.45, 2.75) is 57.4 Å². The van der Waals surface area contributed by atoms with E-state index in [9.17, 15) is 24.9 Å². The van der Waals surface area contributed by atoms with Gasteiger partial charge in [0, 0.05) is 0 Å². The normalized spacial score (nSPS) is 34.0. The third kappa shape index (κ3) is 3.45. The lowest BCUT2D eigenvalue weighted by Gasteiger charge is -2.38. The predicted molar refractivity (Wildman–Crippen MR) is 64.5 cm³/mol. The zero-order valence-electron chi connectivity index (χ0n) is 11.3. The third-order valence-electron chi connectivity index (χ3n) is 3.36. The van der Waals surface area contributed by atoms with E-state index >= 15 is 0 Å². The number of carbonyl (C=O) groups is 2. The van der Waals surface area contributed by atoms with E-state index in [0.717, 1.165) is 0 Å². The van der Waals surface area contributed by atoms with Crippen molar-refractivity contribution in [2.24, 2.45) is 5.92 Å². The molecule has 0 bridgehead atoms. The Kier molecular flexibility index (Phi) is 5.88. The van der Waals surface area contributed by atoms with Crippen LogP contribution in [0.1, 0.15) is 26.7 Å². The van der Waals surface area contributed by atoms with E-state index in [1.807, 2.05) is 0 Å². The molecule has 1 heterocycles. The number of hydrogen-bond donors (Lipinski definition) is 4. The van der Waals surface area contributed by atoms with E-state index < -0.39 is 48.6 Å². The number of carboxylic acids is 1. The first-order valence-corrected chi connectivity index (χ1v) is 6.46. The second-order valence-electron chi connectivity index (χ2n) is 4.69. The van der Waals surface area contributed by atoms with Crippen LogP contribution in [0, 0.1) is 5.92 Å². The summed E-state index contributed by atoms with van der Waals surface area (Å²) in [7, 11) is 0. The Labute approximate surface area is 115 Å². The van der Waals surface area contributed by atoms with Crippen LogP contribution in [-0.2, 0) is 19.1 Å². The van der Waals surface area contributed by atoms with E-state index in [2.05, 4.69) is 0 Å². The van der Waals surface area contributed by atoms with Crippen molar-refractivity contribution >= 4 is 11.9 Å². The highest BCUT2D eigenvalue weighted by Gasteiger charge is 2.48. The highest BCUT2D eigenvalue weighted by molar-refractivity contribution is 5.74. The van der Waals surface area contributed by atoms with Gasteiger partial charge in [0.1, 0.15) is 18.3 Å². The van der Waals surface area contributed by atoms with E-state index in [1.54, 1.807) is 13.8 Å². The molecule has 0 aromatic heterocycles. The Morgan fingerprint density at radius 2 is 1.65 bits per heavy atom. The molecule has 8 nitrogen and oxygen atoms in total. The molecule has 5 unspecified atom stereocenters. The number of esters is 1. The zero-order valence-corrected chi connectivity index (χ0v) is 11.3. The van der Waals surface area contributed by atoms with Gasteiger partial charge in [-0.25, -0.2) is 4.79 Å². The number of aliphatic carboxylic acids is 1. The summed E-state index contributed by atoms with van der Waals surface area (Å²) in [5, 5.41) is 37.6. The molecule has 0 radical (unpaired) electrons. The molecule has 20 heavy (non-hydrogen) atoms. The van der Waals surface area contributed by atoms with Gasteiger partial charge in [-0.2, -0.15) is 0 Å². The van der Waals surface area contributed by atoms with Gasteiger partial charge in [0.2, 0.25) is 6.29 Å². The van der Waals surface area contributed by atoms with Gasteiger partial charge in [-0.05, 0) is 12.8 Å². The number of aliphatic hydroxyl groups excluding tert-OH is 3. The van der Waals surface area contributed by atoms with Crippen molar-refractivity contribution in [2.75, 3.05) is 0 Å². The van der Waals surface area contributed by atoms with Crippen LogP contribution < -0.4 is 0 Å². The number of rotatable bonds is 5. The van der Waals surface area contributed by atoms with Crippen LogP contribution in [0.15, 0.2) is 0 Å². The minimum absolute atomic E-state index is 0.405. The Morgan fingerprint density at radius 1 is 1.10 bits per heavy atom. The molecular weight excluding hydrogens is 272 g/mol. The molecule has 0 aromatic carbocycles. The van der Waals surface area contributed by atoms with E-state index in [-0.39, 0.29) is 0 Å². The minimum Gasteiger partial charge on any atom is -0.479 e. The van der Waals surface area contributed by atoms with Crippen LogP contribution in [0.2, 0.25) is 0 Å². The molecule has 0 amide bonds. The quantitative estimate of drug-likeness (QED) is 0.467. The fourth-order valence-electron chi connectivity index (χ4n) is 1.98. The van der Waals surface area contributed by atoms with Crippen LogP contribution in [-0.4, -0.2) is 63.1 Å². The highest BCUT2D eigenvalue weighted by Crippen LogP contribution is 2.24. The fraction of sp³-hybridized carbons (Fsp3) is 0.833. The topological polar surface area (TPSA) is 134 Å². The summed E-state index contributed by atoms with van der Waals surface area (Å²) in [5.41, 5.74) is 0. The summed E-state index contributed by atoms with van der Waals surface area (Å²) >= 11 is 0. The number of carbonyl (C=O) groups excluding carboxylic acids is 1. The van der Waals surface area contributed by atoms with E-state index in [0.29, 0.717) is 12.8 Å². The summed E-state index contributed by atoms with van der Waals surface area (Å²) in [6.45, 7) is 3.57. The molecular formula is C12H20O8. The number of ether oxygens (including phenoxy) is 2. The standard InChI is InChI=1S/C12H20O8/c1-3-5(4-2)11(18)20-12-8(15)6(13)7(14)9(19-12)10(16)17/h5-9,12-15H,3-4H2,1-2H3,(H,16,17). The van der Waals surface area contributed by atoms with E-state index in [4.69, 9.17) is 14.6 Å². The van der Waals surface area contributed by atoms with Crippen LogP contribution in [0.25, 0.3) is 0 Å². The summed E-state index contributed by atoms with van der Waals surface area (Å²) in [6.07, 6.45) is -7.64. The molecule has 0 saturated carbocycles. The van der Waals surface area contributed by atoms with Crippen LogP contribution in [0.5, 0.6) is 0 Å². The monoisotopic (exact) mass is 292 g/mol. The predicted octanol–water partition coefficient (Wildman–Crippen LogP) is -1.14. The lowest BCUT2D eigenvalue weighted by atomic mass is 9.98. The molecule has 0 aromatic rings. The minimum atomic E-state index is -1.80. The summed E-state index contributed by atoms with van der Waals surface area (Å²) in [6, 6.07) is 0. The molecule has 1 fully saturated rings. The van der Waals surface area contributed by atoms with Crippen LogP contribution in [0.3, 0.4) is 0 Å². The van der Waals surface area contributed by atoms with Crippen molar-refractivity contribution in [3.63, 3.8) is 0 Å². The molecule has 0 spiro atoms. The van der Waals surface area contributed by atoms with Gasteiger partial charge < -0.3 is 29.9 Å². The van der Waals surface area contributed by atoms with Gasteiger partial charge in [-0.3, -0.25) is 4.79 Å². The highest BCUT2D eigenvalue weighted by atomic mass is 16.7. The lowest BCUT2D eigenvalue weighted by molar-refractivity contribution is -0.287. The van der Waals surface area contributed by atoms with Crippen molar-refractivity contribution in [1.82, 2.24) is 0 Å². The van der Waals surface area contributed by atoms with Gasteiger partial charge in [-0.1, -0.05) is 13.8 Å². The summed E-state index contributed by atoms with van der Waals surface area (Å²) in [5.74, 6) is -2.57. The first-order chi connectivity index (χ1) is 9.33. The maximum atomic E-state index is 11.8. The Hall–Kier alpha value is -1.22. The molecule has 1 aliphatic heterocycles. The Bertz CT molecular complexity index is 353. The number of aliphatic hydroxyl groups is 3. The van der Waals surface area contributed by atoms with Gasteiger partial charge >= 0.3 is 11.9 Å². The maximum absolute atomic E-state index is 11.8. The van der Waals surface area contributed by atoms with Crippen LogP contribution >= 0.6 is 0 Å². The average molecular weight is 292 g/mol. The maximum Gasteiger partial charge on any atom is 0.335 e. The largest absolute Gasteiger partial charge is 0.479 e. The first kappa shape index (κ1) is 16.8. The van der Waals surface area contributed by atoms with Crippen molar-refractivity contribution in [3.05, 3.63) is 0 Å². The second-order valence-corrected chi connectivity index (χ2v) is 4.69. The first-order valence-electron chi connectivity index (χ1n) is 6.46.